The number of urea groups is 1. The minimum absolute atomic E-state index is 0.0494. The van der Waals surface area contributed by atoms with Crippen LogP contribution in [0, 0.1) is 11.2 Å². The van der Waals surface area contributed by atoms with E-state index in [1.807, 2.05) is 0 Å². The zero-order valence-electron chi connectivity index (χ0n) is 15.3. The second-order valence-electron chi connectivity index (χ2n) is 7.71. The van der Waals surface area contributed by atoms with Crippen molar-refractivity contribution >= 4 is 11.9 Å². The molecule has 0 aromatic heterocycles. The molecule has 138 valence electrons. The van der Waals surface area contributed by atoms with Crippen LogP contribution in [0.25, 0.3) is 0 Å². The summed E-state index contributed by atoms with van der Waals surface area (Å²) in [5, 5.41) is 2.94. The molecular formula is C19H28FN3O2. The van der Waals surface area contributed by atoms with Gasteiger partial charge in [0.25, 0.3) is 0 Å². The Hall–Kier alpha value is -2.11. The van der Waals surface area contributed by atoms with Crippen molar-refractivity contribution in [2.24, 2.45) is 5.41 Å². The van der Waals surface area contributed by atoms with Crippen molar-refractivity contribution in [3.05, 3.63) is 35.6 Å². The van der Waals surface area contributed by atoms with Crippen LogP contribution < -0.4 is 5.32 Å². The van der Waals surface area contributed by atoms with E-state index in [0.717, 1.165) is 5.56 Å². The summed E-state index contributed by atoms with van der Waals surface area (Å²) in [4.78, 5) is 28.0. The van der Waals surface area contributed by atoms with Crippen LogP contribution in [0.5, 0.6) is 0 Å². The standard InChI is InChI=1S/C19H28FN3O2/c1-19(2,3)14-21-18(25)23-12-10-22(11-13-23)17(24)9-6-15-4-7-16(20)8-5-15/h4-5,7-8H,6,9-14H2,1-3H3,(H,21,25). The number of carbonyl (C=O) groups is 2. The normalized spacial score (nSPS) is 15.2. The number of hydrogen-bond donors (Lipinski definition) is 1. The molecule has 0 spiro atoms. The molecule has 5 nitrogen and oxygen atoms in total. The third-order valence-corrected chi connectivity index (χ3v) is 4.23. The van der Waals surface area contributed by atoms with Gasteiger partial charge in [-0.3, -0.25) is 4.79 Å². The van der Waals surface area contributed by atoms with Crippen LogP contribution >= 0.6 is 0 Å². The van der Waals surface area contributed by atoms with Gasteiger partial charge in [0.2, 0.25) is 5.91 Å². The van der Waals surface area contributed by atoms with E-state index in [4.69, 9.17) is 0 Å². The molecule has 1 aliphatic heterocycles. The summed E-state index contributed by atoms with van der Waals surface area (Å²) < 4.78 is 12.9. The van der Waals surface area contributed by atoms with Gasteiger partial charge in [0.15, 0.2) is 0 Å². The van der Waals surface area contributed by atoms with Gasteiger partial charge in [-0.2, -0.15) is 0 Å². The van der Waals surface area contributed by atoms with Gasteiger partial charge in [0.1, 0.15) is 5.82 Å². The largest absolute Gasteiger partial charge is 0.339 e. The molecule has 3 amide bonds. The fourth-order valence-corrected chi connectivity index (χ4v) is 2.67. The second kappa shape index (κ2) is 8.32. The minimum Gasteiger partial charge on any atom is -0.339 e. The first kappa shape index (κ1) is 19.2. The Bertz CT molecular complexity index is 588. The Balaban J connectivity index is 1.72. The summed E-state index contributed by atoms with van der Waals surface area (Å²) in [7, 11) is 0. The Kier molecular flexibility index (Phi) is 6.39. The Morgan fingerprint density at radius 2 is 1.60 bits per heavy atom. The van der Waals surface area contributed by atoms with Gasteiger partial charge in [-0.25, -0.2) is 9.18 Å². The number of nitrogens with zero attached hydrogens (tertiary/aromatic N) is 2. The number of nitrogens with one attached hydrogen (secondary N) is 1. The van der Waals surface area contributed by atoms with E-state index in [1.54, 1.807) is 21.9 Å². The predicted molar refractivity (Wildman–Crippen MR) is 95.7 cm³/mol. The number of hydrogen-bond acceptors (Lipinski definition) is 2. The maximum absolute atomic E-state index is 12.9. The summed E-state index contributed by atoms with van der Waals surface area (Å²) in [5.74, 6) is -0.185. The zero-order valence-corrected chi connectivity index (χ0v) is 15.3. The lowest BCUT2D eigenvalue weighted by molar-refractivity contribution is -0.132. The average molecular weight is 349 g/mol. The van der Waals surface area contributed by atoms with Crippen LogP contribution in [0.3, 0.4) is 0 Å². The maximum atomic E-state index is 12.9. The van der Waals surface area contributed by atoms with Gasteiger partial charge in [-0.1, -0.05) is 32.9 Å². The molecule has 2 rings (SSSR count). The van der Waals surface area contributed by atoms with E-state index in [1.165, 1.54) is 12.1 Å². The molecule has 0 unspecified atom stereocenters. The van der Waals surface area contributed by atoms with Crippen LogP contribution in [0.1, 0.15) is 32.8 Å². The number of benzene rings is 1. The summed E-state index contributed by atoms with van der Waals surface area (Å²) >= 11 is 0. The van der Waals surface area contributed by atoms with Crippen molar-refractivity contribution in [2.45, 2.75) is 33.6 Å². The molecule has 1 aromatic rings. The lowest BCUT2D eigenvalue weighted by atomic mass is 9.97. The lowest BCUT2D eigenvalue weighted by Crippen LogP contribution is -2.53. The van der Waals surface area contributed by atoms with Crippen molar-refractivity contribution in [3.8, 4) is 0 Å². The van der Waals surface area contributed by atoms with Gasteiger partial charge in [0, 0.05) is 39.1 Å². The lowest BCUT2D eigenvalue weighted by Gasteiger charge is -2.35. The van der Waals surface area contributed by atoms with Gasteiger partial charge < -0.3 is 15.1 Å². The van der Waals surface area contributed by atoms with Crippen LogP contribution in [0.4, 0.5) is 9.18 Å². The second-order valence-corrected chi connectivity index (χ2v) is 7.71. The van der Waals surface area contributed by atoms with Crippen molar-refractivity contribution in [1.29, 1.82) is 0 Å². The van der Waals surface area contributed by atoms with E-state index in [-0.39, 0.29) is 23.2 Å². The van der Waals surface area contributed by atoms with Gasteiger partial charge >= 0.3 is 6.03 Å². The van der Waals surface area contributed by atoms with Gasteiger partial charge in [-0.05, 0) is 29.5 Å². The maximum Gasteiger partial charge on any atom is 0.317 e. The molecule has 1 heterocycles. The van der Waals surface area contributed by atoms with E-state index >= 15 is 0 Å². The molecule has 1 fully saturated rings. The summed E-state index contributed by atoms with van der Waals surface area (Å²) in [6, 6.07) is 6.18. The van der Waals surface area contributed by atoms with E-state index < -0.39 is 0 Å². The molecule has 1 N–H and O–H groups in total. The zero-order chi connectivity index (χ0) is 18.4. The van der Waals surface area contributed by atoms with E-state index in [9.17, 15) is 14.0 Å². The first-order valence-corrected chi connectivity index (χ1v) is 8.79. The Morgan fingerprint density at radius 3 is 2.16 bits per heavy atom. The molecule has 1 saturated heterocycles. The third kappa shape index (κ3) is 6.36. The first-order chi connectivity index (χ1) is 11.7. The fourth-order valence-electron chi connectivity index (χ4n) is 2.67. The molecule has 0 aliphatic carbocycles. The van der Waals surface area contributed by atoms with Crippen molar-refractivity contribution in [3.63, 3.8) is 0 Å². The number of piperazine rings is 1. The Morgan fingerprint density at radius 1 is 1.04 bits per heavy atom. The highest BCUT2D eigenvalue weighted by atomic mass is 19.1. The predicted octanol–water partition coefficient (Wildman–Crippen LogP) is 2.66. The molecular weight excluding hydrogens is 321 g/mol. The molecule has 0 radical (unpaired) electrons. The van der Waals surface area contributed by atoms with Gasteiger partial charge in [0.05, 0.1) is 0 Å². The Labute approximate surface area is 149 Å². The van der Waals surface area contributed by atoms with Crippen LogP contribution in [0.2, 0.25) is 0 Å². The number of amides is 3. The number of rotatable bonds is 4. The van der Waals surface area contributed by atoms with Crippen molar-refractivity contribution < 1.29 is 14.0 Å². The van der Waals surface area contributed by atoms with E-state index in [0.29, 0.717) is 45.6 Å². The highest BCUT2D eigenvalue weighted by Crippen LogP contribution is 2.12. The fraction of sp³-hybridized carbons (Fsp3) is 0.579. The average Bonchev–Trinajstić information content (AvgIpc) is 2.58. The highest BCUT2D eigenvalue weighted by molar-refractivity contribution is 5.78. The highest BCUT2D eigenvalue weighted by Gasteiger charge is 2.24. The summed E-state index contributed by atoms with van der Waals surface area (Å²) in [6.07, 6.45) is 1.01. The minimum atomic E-state index is -0.268. The third-order valence-electron chi connectivity index (χ3n) is 4.23. The molecule has 1 aliphatic rings. The molecule has 0 saturated carbocycles. The van der Waals surface area contributed by atoms with Crippen LogP contribution in [-0.2, 0) is 11.2 Å². The van der Waals surface area contributed by atoms with Crippen LogP contribution in [-0.4, -0.2) is 54.5 Å². The van der Waals surface area contributed by atoms with Crippen LogP contribution in [0.15, 0.2) is 24.3 Å². The molecule has 25 heavy (non-hydrogen) atoms. The first-order valence-electron chi connectivity index (χ1n) is 8.79. The molecule has 0 bridgehead atoms. The molecule has 1 aromatic carbocycles. The SMILES string of the molecule is CC(C)(C)CNC(=O)N1CCN(C(=O)CCc2ccc(F)cc2)CC1. The number of halogens is 1. The van der Waals surface area contributed by atoms with Crippen molar-refractivity contribution in [1.82, 2.24) is 15.1 Å². The van der Waals surface area contributed by atoms with Gasteiger partial charge in [-0.15, -0.1) is 0 Å². The monoisotopic (exact) mass is 349 g/mol. The number of aryl methyl sites for hydroxylation is 1. The smallest absolute Gasteiger partial charge is 0.317 e. The quantitative estimate of drug-likeness (QED) is 0.909. The van der Waals surface area contributed by atoms with Crippen molar-refractivity contribution in [2.75, 3.05) is 32.7 Å². The molecule has 6 heteroatoms. The summed E-state index contributed by atoms with van der Waals surface area (Å²) in [6.45, 7) is 9.08. The van der Waals surface area contributed by atoms with E-state index in [2.05, 4.69) is 26.1 Å². The molecule has 0 atom stereocenters. The number of carbonyl (C=O) groups excluding carboxylic acids is 2. The topological polar surface area (TPSA) is 52.7 Å². The summed E-state index contributed by atoms with van der Waals surface area (Å²) in [5.41, 5.74) is 1.00.